The van der Waals surface area contributed by atoms with Crippen LogP contribution in [-0.4, -0.2) is 19.6 Å². The van der Waals surface area contributed by atoms with Crippen LogP contribution in [0.4, 0.5) is 17.1 Å². The van der Waals surface area contributed by atoms with Gasteiger partial charge in [0.05, 0.1) is 29.6 Å². The van der Waals surface area contributed by atoms with Gasteiger partial charge in [0.2, 0.25) is 0 Å². The Bertz CT molecular complexity index is 637. The summed E-state index contributed by atoms with van der Waals surface area (Å²) in [4.78, 5) is 13.3. The minimum Gasteiger partial charge on any atom is -0.482 e. The number of hydrogen-bond donors (Lipinski definition) is 2. The molecule has 20 heavy (non-hydrogen) atoms. The van der Waals surface area contributed by atoms with Crippen molar-refractivity contribution in [2.24, 2.45) is 0 Å². The summed E-state index contributed by atoms with van der Waals surface area (Å²) in [7, 11) is 1.93. The van der Waals surface area contributed by atoms with E-state index in [-0.39, 0.29) is 12.5 Å². The van der Waals surface area contributed by atoms with Gasteiger partial charge in [-0.3, -0.25) is 4.79 Å². The molecule has 0 fully saturated rings. The molecular formula is C14H15N3O3. The molecule has 1 aliphatic heterocycles. The molecule has 0 spiro atoms. The lowest BCUT2D eigenvalue weighted by molar-refractivity contribution is -0.118. The first-order chi connectivity index (χ1) is 9.63. The number of nitrogen functional groups attached to an aromatic ring is 1. The predicted molar refractivity (Wildman–Crippen MR) is 75.8 cm³/mol. The number of fused-ring (bicyclic) bond motifs is 1. The van der Waals surface area contributed by atoms with Gasteiger partial charge in [0.1, 0.15) is 5.75 Å². The molecule has 2 heterocycles. The molecule has 0 unspecified atom stereocenters. The Kier molecular flexibility index (Phi) is 2.98. The third-order valence-corrected chi connectivity index (χ3v) is 3.17. The Labute approximate surface area is 116 Å². The minimum atomic E-state index is -0.161. The fourth-order valence-electron chi connectivity index (χ4n) is 2.20. The Morgan fingerprint density at radius 3 is 3.05 bits per heavy atom. The van der Waals surface area contributed by atoms with Crippen molar-refractivity contribution in [2.45, 2.75) is 6.54 Å². The number of nitrogens with two attached hydrogens (primary N) is 1. The normalized spacial score (nSPS) is 13.3. The van der Waals surface area contributed by atoms with Gasteiger partial charge < -0.3 is 25.1 Å². The van der Waals surface area contributed by atoms with Crippen molar-refractivity contribution in [2.75, 3.05) is 29.6 Å². The van der Waals surface area contributed by atoms with Crippen molar-refractivity contribution >= 4 is 23.0 Å². The van der Waals surface area contributed by atoms with E-state index in [2.05, 4.69) is 5.32 Å². The number of amides is 1. The Hall–Kier alpha value is -2.63. The lowest BCUT2D eigenvalue weighted by Crippen LogP contribution is -2.26. The number of rotatable bonds is 3. The highest BCUT2D eigenvalue weighted by atomic mass is 16.5. The van der Waals surface area contributed by atoms with Crippen LogP contribution >= 0.6 is 0 Å². The summed E-state index contributed by atoms with van der Waals surface area (Å²) in [6.07, 6.45) is 3.32. The van der Waals surface area contributed by atoms with E-state index in [4.69, 9.17) is 14.9 Å². The van der Waals surface area contributed by atoms with Crippen molar-refractivity contribution in [3.05, 3.63) is 36.3 Å². The molecule has 6 heteroatoms. The van der Waals surface area contributed by atoms with Crippen molar-refractivity contribution < 1.29 is 13.9 Å². The van der Waals surface area contributed by atoms with Gasteiger partial charge in [0.25, 0.3) is 5.91 Å². The largest absolute Gasteiger partial charge is 0.482 e. The first-order valence-electron chi connectivity index (χ1n) is 6.22. The number of anilines is 3. The molecule has 1 aromatic heterocycles. The van der Waals surface area contributed by atoms with E-state index in [0.717, 1.165) is 11.3 Å². The quantitative estimate of drug-likeness (QED) is 0.834. The first kappa shape index (κ1) is 12.4. The minimum absolute atomic E-state index is 0.0244. The van der Waals surface area contributed by atoms with Gasteiger partial charge >= 0.3 is 0 Å². The van der Waals surface area contributed by atoms with Crippen LogP contribution in [0.1, 0.15) is 5.56 Å². The molecule has 104 valence electrons. The zero-order valence-corrected chi connectivity index (χ0v) is 11.1. The van der Waals surface area contributed by atoms with Crippen molar-refractivity contribution in [1.29, 1.82) is 0 Å². The highest BCUT2D eigenvalue weighted by Crippen LogP contribution is 2.36. The number of hydrogen-bond acceptors (Lipinski definition) is 5. The molecule has 2 aromatic rings. The molecule has 0 atom stereocenters. The molecule has 6 nitrogen and oxygen atoms in total. The van der Waals surface area contributed by atoms with E-state index in [0.29, 0.717) is 23.7 Å². The zero-order chi connectivity index (χ0) is 14.1. The van der Waals surface area contributed by atoms with E-state index in [1.54, 1.807) is 18.6 Å². The molecule has 0 saturated heterocycles. The average Bonchev–Trinajstić information content (AvgIpc) is 2.91. The third-order valence-electron chi connectivity index (χ3n) is 3.17. The summed E-state index contributed by atoms with van der Waals surface area (Å²) in [5.41, 5.74) is 9.17. The smallest absolute Gasteiger partial charge is 0.262 e. The standard InChI is InChI=1S/C14H15N3O3/c1-17(6-9-2-3-19-7-9)12-5-11-13(4-10(12)15)20-8-14(18)16-11/h2-5,7H,6,8,15H2,1H3,(H,16,18). The van der Waals surface area contributed by atoms with Crippen LogP contribution in [0.25, 0.3) is 0 Å². The van der Waals surface area contributed by atoms with Gasteiger partial charge in [-0.2, -0.15) is 0 Å². The highest BCUT2D eigenvalue weighted by molar-refractivity contribution is 5.97. The van der Waals surface area contributed by atoms with Crippen LogP contribution in [0.15, 0.2) is 35.1 Å². The fourth-order valence-corrected chi connectivity index (χ4v) is 2.20. The van der Waals surface area contributed by atoms with E-state index in [1.165, 1.54) is 0 Å². The Morgan fingerprint density at radius 2 is 2.30 bits per heavy atom. The van der Waals surface area contributed by atoms with Crippen LogP contribution < -0.4 is 20.7 Å². The lowest BCUT2D eigenvalue weighted by atomic mass is 10.2. The number of nitrogens with zero attached hydrogens (tertiary/aromatic N) is 1. The number of furan rings is 1. The van der Waals surface area contributed by atoms with Gasteiger partial charge in [0.15, 0.2) is 6.61 Å². The molecule has 1 aromatic carbocycles. The molecular weight excluding hydrogens is 258 g/mol. The maximum Gasteiger partial charge on any atom is 0.262 e. The summed E-state index contributed by atoms with van der Waals surface area (Å²) in [5, 5.41) is 2.78. The number of carbonyl (C=O) groups excluding carboxylic acids is 1. The zero-order valence-electron chi connectivity index (χ0n) is 11.1. The fraction of sp³-hybridized carbons (Fsp3) is 0.214. The lowest BCUT2D eigenvalue weighted by Gasteiger charge is -2.24. The average molecular weight is 273 g/mol. The van der Waals surface area contributed by atoms with E-state index >= 15 is 0 Å². The van der Waals surface area contributed by atoms with Crippen molar-refractivity contribution in [3.8, 4) is 5.75 Å². The molecule has 1 amide bonds. The number of benzene rings is 1. The maximum absolute atomic E-state index is 11.4. The topological polar surface area (TPSA) is 80.7 Å². The van der Waals surface area contributed by atoms with Crippen LogP contribution in [0.2, 0.25) is 0 Å². The van der Waals surface area contributed by atoms with Crippen LogP contribution in [-0.2, 0) is 11.3 Å². The third kappa shape index (κ3) is 2.27. The number of nitrogens with one attached hydrogen (secondary N) is 1. The van der Waals surface area contributed by atoms with Gasteiger partial charge in [-0.1, -0.05) is 0 Å². The molecule has 0 saturated carbocycles. The molecule has 3 rings (SSSR count). The molecule has 3 N–H and O–H groups in total. The summed E-state index contributed by atoms with van der Waals surface area (Å²) in [6.45, 7) is 0.685. The van der Waals surface area contributed by atoms with Crippen LogP contribution in [0.5, 0.6) is 5.75 Å². The summed E-state index contributed by atoms with van der Waals surface area (Å²) in [5.74, 6) is 0.438. The van der Waals surface area contributed by atoms with E-state index < -0.39 is 0 Å². The van der Waals surface area contributed by atoms with Gasteiger partial charge in [-0.15, -0.1) is 0 Å². The Morgan fingerprint density at radius 1 is 1.45 bits per heavy atom. The number of ether oxygens (including phenoxy) is 1. The van der Waals surface area contributed by atoms with Crippen molar-refractivity contribution in [3.63, 3.8) is 0 Å². The highest BCUT2D eigenvalue weighted by Gasteiger charge is 2.19. The van der Waals surface area contributed by atoms with Gasteiger partial charge in [-0.25, -0.2) is 0 Å². The van der Waals surface area contributed by atoms with E-state index in [1.807, 2.05) is 24.1 Å². The van der Waals surface area contributed by atoms with Crippen LogP contribution in [0.3, 0.4) is 0 Å². The first-order valence-corrected chi connectivity index (χ1v) is 6.22. The SMILES string of the molecule is CN(Cc1ccoc1)c1cc2c(cc1N)OCC(=O)N2. The van der Waals surface area contributed by atoms with Gasteiger partial charge in [-0.05, 0) is 12.1 Å². The molecule has 0 radical (unpaired) electrons. The maximum atomic E-state index is 11.4. The summed E-state index contributed by atoms with van der Waals surface area (Å²) >= 11 is 0. The second kappa shape index (κ2) is 4.80. The second-order valence-electron chi connectivity index (χ2n) is 4.73. The summed E-state index contributed by atoms with van der Waals surface area (Å²) < 4.78 is 10.4. The van der Waals surface area contributed by atoms with Crippen LogP contribution in [0, 0.1) is 0 Å². The number of carbonyl (C=O) groups is 1. The predicted octanol–water partition coefficient (Wildman–Crippen LogP) is 1.83. The van der Waals surface area contributed by atoms with Crippen molar-refractivity contribution in [1.82, 2.24) is 0 Å². The molecule has 1 aliphatic rings. The van der Waals surface area contributed by atoms with E-state index in [9.17, 15) is 4.79 Å². The van der Waals surface area contributed by atoms with Gasteiger partial charge in [0, 0.05) is 25.2 Å². The summed E-state index contributed by atoms with van der Waals surface area (Å²) in [6, 6.07) is 5.45. The monoisotopic (exact) mass is 273 g/mol. The Balaban J connectivity index is 1.89. The molecule has 0 bridgehead atoms. The second-order valence-corrected chi connectivity index (χ2v) is 4.73. The molecule has 0 aliphatic carbocycles.